The van der Waals surface area contributed by atoms with Gasteiger partial charge in [0.1, 0.15) is 24.0 Å². The molecule has 0 aliphatic heterocycles. The summed E-state index contributed by atoms with van der Waals surface area (Å²) in [5, 5.41) is 2.65. The number of carbonyl (C=O) groups is 1. The van der Waals surface area contributed by atoms with Crippen molar-refractivity contribution in [2.75, 3.05) is 27.4 Å². The van der Waals surface area contributed by atoms with Gasteiger partial charge in [-0.2, -0.15) is 0 Å². The van der Waals surface area contributed by atoms with Crippen molar-refractivity contribution >= 4 is 33.2 Å². The van der Waals surface area contributed by atoms with E-state index in [0.29, 0.717) is 17.2 Å². The fourth-order valence-corrected chi connectivity index (χ4v) is 3.76. The molecule has 29 heavy (non-hydrogen) atoms. The van der Waals surface area contributed by atoms with Crippen LogP contribution in [0.15, 0.2) is 52.3 Å². The van der Waals surface area contributed by atoms with E-state index in [2.05, 4.69) is 20.9 Å². The minimum Gasteiger partial charge on any atom is -0.493 e. The molecule has 0 aliphatic rings. The molecule has 8 heteroatoms. The molecular weight excluding hydrogens is 458 g/mol. The first-order chi connectivity index (χ1) is 14.1. The molecule has 0 bridgehead atoms. The minimum atomic E-state index is -0.341. The Balaban J connectivity index is 1.50. The van der Waals surface area contributed by atoms with Crippen LogP contribution in [-0.2, 0) is 16.0 Å². The van der Waals surface area contributed by atoms with Crippen LogP contribution in [0.3, 0.4) is 0 Å². The Bertz CT molecular complexity index is 975. The van der Waals surface area contributed by atoms with Gasteiger partial charge in [0.05, 0.1) is 26.3 Å². The molecule has 3 aromatic rings. The lowest BCUT2D eigenvalue weighted by Gasteiger charge is -2.08. The van der Waals surface area contributed by atoms with Crippen molar-refractivity contribution in [2.45, 2.75) is 6.42 Å². The number of thiazole rings is 1. The zero-order valence-corrected chi connectivity index (χ0v) is 18.4. The maximum absolute atomic E-state index is 12.1. The zero-order valence-electron chi connectivity index (χ0n) is 16.0. The van der Waals surface area contributed by atoms with Crippen LogP contribution in [-0.4, -0.2) is 38.4 Å². The Morgan fingerprint density at radius 3 is 2.66 bits per heavy atom. The third-order valence-corrected chi connectivity index (χ3v) is 5.35. The van der Waals surface area contributed by atoms with Crippen LogP contribution in [0.1, 0.15) is 5.69 Å². The van der Waals surface area contributed by atoms with Crippen molar-refractivity contribution in [3.63, 3.8) is 0 Å². The molecule has 0 N–H and O–H groups in total. The van der Waals surface area contributed by atoms with Gasteiger partial charge in [-0.1, -0.05) is 22.0 Å². The van der Waals surface area contributed by atoms with E-state index in [1.54, 1.807) is 14.2 Å². The summed E-state index contributed by atoms with van der Waals surface area (Å²) in [5.74, 6) is 1.66. The van der Waals surface area contributed by atoms with E-state index in [9.17, 15) is 4.79 Å². The Hall–Kier alpha value is -2.58. The van der Waals surface area contributed by atoms with Crippen LogP contribution in [0.4, 0.5) is 0 Å². The highest BCUT2D eigenvalue weighted by atomic mass is 79.9. The summed E-state index contributed by atoms with van der Waals surface area (Å²) >= 11 is 4.84. The lowest BCUT2D eigenvalue weighted by Crippen LogP contribution is -2.14. The van der Waals surface area contributed by atoms with E-state index in [4.69, 9.17) is 18.9 Å². The molecule has 6 nitrogen and oxygen atoms in total. The van der Waals surface area contributed by atoms with Crippen LogP contribution in [0, 0.1) is 0 Å². The second-order valence-electron chi connectivity index (χ2n) is 5.92. The number of hydrogen-bond donors (Lipinski definition) is 0. The lowest BCUT2D eigenvalue weighted by molar-refractivity contribution is -0.143. The molecule has 1 aromatic heterocycles. The van der Waals surface area contributed by atoms with Gasteiger partial charge in [-0.3, -0.25) is 4.79 Å². The molecule has 0 saturated carbocycles. The molecule has 1 heterocycles. The van der Waals surface area contributed by atoms with Gasteiger partial charge >= 0.3 is 5.97 Å². The Morgan fingerprint density at radius 2 is 1.90 bits per heavy atom. The van der Waals surface area contributed by atoms with E-state index in [1.807, 2.05) is 47.8 Å². The molecule has 0 unspecified atom stereocenters. The molecule has 3 rings (SSSR count). The fourth-order valence-electron chi connectivity index (χ4n) is 2.56. The standard InChI is InChI=1S/C21H20BrNO5S/c1-25-18-7-6-14(10-19(18)26-2)21-23-16(13-29-21)12-20(24)28-9-8-27-17-5-3-4-15(22)11-17/h3-7,10-11,13H,8-9,12H2,1-2H3. The number of esters is 1. The van der Waals surface area contributed by atoms with Gasteiger partial charge in [0.15, 0.2) is 11.5 Å². The van der Waals surface area contributed by atoms with Crippen molar-refractivity contribution in [1.82, 2.24) is 4.98 Å². The van der Waals surface area contributed by atoms with E-state index in [1.165, 1.54) is 11.3 Å². The summed E-state index contributed by atoms with van der Waals surface area (Å²) in [6, 6.07) is 13.1. The van der Waals surface area contributed by atoms with Crippen molar-refractivity contribution in [2.24, 2.45) is 0 Å². The summed E-state index contributed by atoms with van der Waals surface area (Å²) in [6.45, 7) is 0.466. The highest BCUT2D eigenvalue weighted by molar-refractivity contribution is 9.10. The normalized spacial score (nSPS) is 10.4. The number of halogens is 1. The molecule has 2 aromatic carbocycles. The third kappa shape index (κ3) is 5.95. The predicted octanol–water partition coefficient (Wildman–Crippen LogP) is 4.75. The summed E-state index contributed by atoms with van der Waals surface area (Å²) in [5.41, 5.74) is 1.56. The first kappa shape index (κ1) is 21.1. The summed E-state index contributed by atoms with van der Waals surface area (Å²) in [6.07, 6.45) is 0.112. The predicted molar refractivity (Wildman–Crippen MR) is 115 cm³/mol. The fraction of sp³-hybridized carbons (Fsp3) is 0.238. The SMILES string of the molecule is COc1ccc(-c2nc(CC(=O)OCCOc3cccc(Br)c3)cs2)cc1OC. The van der Waals surface area contributed by atoms with E-state index < -0.39 is 0 Å². The molecule has 0 spiro atoms. The molecule has 0 amide bonds. The second-order valence-corrected chi connectivity index (χ2v) is 7.69. The monoisotopic (exact) mass is 477 g/mol. The largest absolute Gasteiger partial charge is 0.493 e. The van der Waals surface area contributed by atoms with Gasteiger partial charge in [-0.25, -0.2) is 4.98 Å². The Kier molecular flexibility index (Phi) is 7.48. The first-order valence-corrected chi connectivity index (χ1v) is 10.5. The lowest BCUT2D eigenvalue weighted by atomic mass is 10.2. The van der Waals surface area contributed by atoms with Gasteiger partial charge in [0.25, 0.3) is 0 Å². The number of methoxy groups -OCH3 is 2. The first-order valence-electron chi connectivity index (χ1n) is 8.80. The number of benzene rings is 2. The van der Waals surface area contributed by atoms with Crippen LogP contribution in [0.2, 0.25) is 0 Å². The van der Waals surface area contributed by atoms with Gasteiger partial charge in [0.2, 0.25) is 0 Å². The van der Waals surface area contributed by atoms with Crippen LogP contribution in [0.5, 0.6) is 17.2 Å². The smallest absolute Gasteiger partial charge is 0.312 e. The maximum atomic E-state index is 12.1. The molecule has 0 atom stereocenters. The average Bonchev–Trinajstić information content (AvgIpc) is 3.19. The van der Waals surface area contributed by atoms with Crippen molar-refractivity contribution < 1.29 is 23.7 Å². The molecule has 0 saturated heterocycles. The number of aromatic nitrogens is 1. The maximum Gasteiger partial charge on any atom is 0.312 e. The average molecular weight is 478 g/mol. The third-order valence-electron chi connectivity index (χ3n) is 3.92. The molecule has 0 radical (unpaired) electrons. The van der Waals surface area contributed by atoms with Crippen molar-refractivity contribution in [3.05, 3.63) is 58.0 Å². The zero-order chi connectivity index (χ0) is 20.6. The molecule has 152 valence electrons. The van der Waals surface area contributed by atoms with Crippen LogP contribution in [0.25, 0.3) is 10.6 Å². The topological polar surface area (TPSA) is 66.9 Å². The van der Waals surface area contributed by atoms with Gasteiger partial charge < -0.3 is 18.9 Å². The number of ether oxygens (including phenoxy) is 4. The quantitative estimate of drug-likeness (QED) is 0.327. The molecular formula is C21H20BrNO5S. The molecule has 0 fully saturated rings. The summed E-state index contributed by atoms with van der Waals surface area (Å²) < 4.78 is 22.3. The minimum absolute atomic E-state index is 0.112. The highest BCUT2D eigenvalue weighted by Gasteiger charge is 2.12. The highest BCUT2D eigenvalue weighted by Crippen LogP contribution is 2.33. The van der Waals surface area contributed by atoms with E-state index in [-0.39, 0.29) is 25.6 Å². The van der Waals surface area contributed by atoms with Crippen LogP contribution < -0.4 is 14.2 Å². The van der Waals surface area contributed by atoms with Crippen LogP contribution >= 0.6 is 27.3 Å². The number of rotatable bonds is 9. The number of hydrogen-bond acceptors (Lipinski definition) is 7. The van der Waals surface area contributed by atoms with Crippen molar-refractivity contribution in [1.29, 1.82) is 0 Å². The molecule has 0 aliphatic carbocycles. The number of carbonyl (C=O) groups excluding carboxylic acids is 1. The van der Waals surface area contributed by atoms with E-state index in [0.717, 1.165) is 20.8 Å². The second kappa shape index (κ2) is 10.3. The summed E-state index contributed by atoms with van der Waals surface area (Å²) in [7, 11) is 3.18. The summed E-state index contributed by atoms with van der Waals surface area (Å²) in [4.78, 5) is 16.6. The van der Waals surface area contributed by atoms with E-state index >= 15 is 0 Å². The van der Waals surface area contributed by atoms with Crippen molar-refractivity contribution in [3.8, 4) is 27.8 Å². The van der Waals surface area contributed by atoms with Gasteiger partial charge in [0, 0.05) is 15.4 Å². The number of nitrogens with zero attached hydrogens (tertiary/aromatic N) is 1. The Labute approximate surface area is 181 Å². The van der Waals surface area contributed by atoms with Gasteiger partial charge in [-0.15, -0.1) is 11.3 Å². The van der Waals surface area contributed by atoms with Gasteiger partial charge in [-0.05, 0) is 36.4 Å². The Morgan fingerprint density at radius 1 is 1.07 bits per heavy atom.